The van der Waals surface area contributed by atoms with E-state index in [-0.39, 0.29) is 0 Å². The number of fused-ring (bicyclic) bond motifs is 1. The first-order valence-electron chi connectivity index (χ1n) is 5.12. The minimum absolute atomic E-state index is 0.674. The second-order valence-corrected chi connectivity index (χ2v) is 10.7. The van der Waals surface area contributed by atoms with E-state index in [0.717, 1.165) is 15.2 Å². The summed E-state index contributed by atoms with van der Waals surface area (Å²) >= 11 is 7.77. The summed E-state index contributed by atoms with van der Waals surface area (Å²) < 4.78 is 6.92. The highest BCUT2D eigenvalue weighted by atomic mass is 35.5. The number of thiophene rings is 1. The van der Waals surface area contributed by atoms with Gasteiger partial charge in [0, 0.05) is 11.1 Å². The zero-order valence-electron chi connectivity index (χ0n) is 9.58. The van der Waals surface area contributed by atoms with E-state index in [2.05, 4.69) is 30.7 Å². The maximum Gasteiger partial charge on any atom is 0.184 e. The Morgan fingerprint density at radius 3 is 2.81 bits per heavy atom. The van der Waals surface area contributed by atoms with Crippen LogP contribution in [0, 0.1) is 0 Å². The Labute approximate surface area is 105 Å². The van der Waals surface area contributed by atoms with Crippen molar-refractivity contribution in [1.29, 1.82) is 0 Å². The molecule has 0 radical (unpaired) electrons. The van der Waals surface area contributed by atoms with E-state index in [4.69, 9.17) is 16.0 Å². The average molecular weight is 272 g/mol. The molecule has 0 atom stereocenters. The molecule has 0 aliphatic carbocycles. The molecule has 0 saturated heterocycles. The van der Waals surface area contributed by atoms with E-state index >= 15 is 0 Å². The molecule has 0 N–H and O–H groups in total. The normalized spacial score (nSPS) is 12.2. The van der Waals surface area contributed by atoms with E-state index in [1.165, 1.54) is 4.88 Å². The first-order chi connectivity index (χ1) is 7.46. The van der Waals surface area contributed by atoms with E-state index in [0.29, 0.717) is 6.61 Å². The SMILES string of the molecule is C[Si](C)(C)OCc1cc2nccc(Cl)c2s1. The van der Waals surface area contributed by atoms with E-state index in [1.807, 2.05) is 6.07 Å². The molecule has 0 aliphatic heterocycles. The van der Waals surface area contributed by atoms with Crippen molar-refractivity contribution in [3.05, 3.63) is 28.2 Å². The van der Waals surface area contributed by atoms with E-state index in [9.17, 15) is 0 Å². The number of hydrogen-bond donors (Lipinski definition) is 0. The molecule has 0 fully saturated rings. The Morgan fingerprint density at radius 2 is 2.19 bits per heavy atom. The highest BCUT2D eigenvalue weighted by molar-refractivity contribution is 7.19. The summed E-state index contributed by atoms with van der Waals surface area (Å²) in [6, 6.07) is 3.88. The van der Waals surface area contributed by atoms with Crippen molar-refractivity contribution in [3.63, 3.8) is 0 Å². The van der Waals surface area contributed by atoms with Gasteiger partial charge in [-0.25, -0.2) is 0 Å². The van der Waals surface area contributed by atoms with Gasteiger partial charge >= 0.3 is 0 Å². The van der Waals surface area contributed by atoms with Crippen molar-refractivity contribution in [2.24, 2.45) is 0 Å². The van der Waals surface area contributed by atoms with Crippen LogP contribution in [0.4, 0.5) is 0 Å². The lowest BCUT2D eigenvalue weighted by Gasteiger charge is -2.15. The minimum atomic E-state index is -1.45. The standard InChI is InChI=1S/C11H14ClNOSSi/c1-16(2,3)14-7-8-6-10-11(15-8)9(12)4-5-13-10/h4-6H,7H2,1-3H3. The second-order valence-electron chi connectivity index (χ2n) is 4.62. The third-order valence-corrected chi connectivity index (χ3v) is 4.63. The zero-order valence-corrected chi connectivity index (χ0v) is 12.2. The molecule has 2 aromatic heterocycles. The summed E-state index contributed by atoms with van der Waals surface area (Å²) in [7, 11) is -1.45. The number of halogens is 1. The monoisotopic (exact) mass is 271 g/mol. The number of aromatic nitrogens is 1. The van der Waals surface area contributed by atoms with Gasteiger partial charge in [0.05, 0.1) is 21.8 Å². The van der Waals surface area contributed by atoms with Crippen LogP contribution in [-0.4, -0.2) is 13.3 Å². The maximum absolute atomic E-state index is 6.10. The Hall–Kier alpha value is -0.423. The van der Waals surface area contributed by atoms with Gasteiger partial charge in [-0.15, -0.1) is 11.3 Å². The Kier molecular flexibility index (Phi) is 3.35. The molecule has 2 nitrogen and oxygen atoms in total. The van der Waals surface area contributed by atoms with Crippen LogP contribution in [0.5, 0.6) is 0 Å². The molecule has 2 aromatic rings. The van der Waals surface area contributed by atoms with Crippen LogP contribution in [0.1, 0.15) is 4.88 Å². The molecule has 0 aromatic carbocycles. The van der Waals surface area contributed by atoms with Crippen LogP contribution < -0.4 is 0 Å². The number of pyridine rings is 1. The summed E-state index contributed by atoms with van der Waals surface area (Å²) in [5.74, 6) is 0. The van der Waals surface area contributed by atoms with Gasteiger partial charge < -0.3 is 4.43 Å². The van der Waals surface area contributed by atoms with Crippen molar-refractivity contribution >= 4 is 41.5 Å². The molecule has 0 aliphatic rings. The predicted octanol–water partition coefficient (Wildman–Crippen LogP) is 4.30. The fraction of sp³-hybridized carbons (Fsp3) is 0.364. The first-order valence-corrected chi connectivity index (χ1v) is 9.73. The first kappa shape index (κ1) is 12.0. The van der Waals surface area contributed by atoms with Crippen LogP contribution in [-0.2, 0) is 11.0 Å². The minimum Gasteiger partial charge on any atom is -0.413 e. The van der Waals surface area contributed by atoms with Crippen molar-refractivity contribution in [2.45, 2.75) is 26.2 Å². The summed E-state index contributed by atoms with van der Waals surface area (Å²) in [4.78, 5) is 5.48. The van der Waals surface area contributed by atoms with Crippen LogP contribution in [0.2, 0.25) is 24.7 Å². The predicted molar refractivity (Wildman–Crippen MR) is 72.8 cm³/mol. The number of rotatable bonds is 3. The number of hydrogen-bond acceptors (Lipinski definition) is 3. The molecule has 16 heavy (non-hydrogen) atoms. The van der Waals surface area contributed by atoms with Gasteiger partial charge in [-0.2, -0.15) is 0 Å². The molecule has 2 rings (SSSR count). The van der Waals surface area contributed by atoms with Crippen LogP contribution in [0.15, 0.2) is 18.3 Å². The summed E-state index contributed by atoms with van der Waals surface area (Å²) in [6.07, 6.45) is 1.74. The van der Waals surface area contributed by atoms with Gasteiger partial charge in [-0.1, -0.05) is 11.6 Å². The summed E-state index contributed by atoms with van der Waals surface area (Å²) in [5, 5.41) is 0.772. The average Bonchev–Trinajstić information content (AvgIpc) is 2.58. The highest BCUT2D eigenvalue weighted by Gasteiger charge is 2.15. The Morgan fingerprint density at radius 1 is 1.44 bits per heavy atom. The fourth-order valence-corrected chi connectivity index (χ4v) is 3.21. The smallest absolute Gasteiger partial charge is 0.184 e. The van der Waals surface area contributed by atoms with E-state index < -0.39 is 8.32 Å². The maximum atomic E-state index is 6.10. The molecule has 5 heteroatoms. The molecular weight excluding hydrogens is 258 g/mol. The van der Waals surface area contributed by atoms with Crippen LogP contribution in [0.3, 0.4) is 0 Å². The largest absolute Gasteiger partial charge is 0.413 e. The molecule has 86 valence electrons. The molecule has 2 heterocycles. The quantitative estimate of drug-likeness (QED) is 0.777. The van der Waals surface area contributed by atoms with Gasteiger partial charge in [-0.05, 0) is 31.8 Å². The molecule has 0 saturated carbocycles. The van der Waals surface area contributed by atoms with Crippen molar-refractivity contribution in [1.82, 2.24) is 4.98 Å². The van der Waals surface area contributed by atoms with Crippen molar-refractivity contribution in [3.8, 4) is 0 Å². The molecule has 0 bridgehead atoms. The Bertz CT molecular complexity index is 506. The fourth-order valence-electron chi connectivity index (χ4n) is 1.32. The van der Waals surface area contributed by atoms with Gasteiger partial charge in [-0.3, -0.25) is 4.98 Å². The topological polar surface area (TPSA) is 22.1 Å². The highest BCUT2D eigenvalue weighted by Crippen LogP contribution is 2.30. The third-order valence-electron chi connectivity index (χ3n) is 2.06. The lowest BCUT2D eigenvalue weighted by atomic mass is 10.4. The van der Waals surface area contributed by atoms with Gasteiger partial charge in [0.15, 0.2) is 8.32 Å². The lowest BCUT2D eigenvalue weighted by Crippen LogP contribution is -2.24. The van der Waals surface area contributed by atoms with Crippen molar-refractivity contribution < 1.29 is 4.43 Å². The van der Waals surface area contributed by atoms with Crippen LogP contribution in [0.25, 0.3) is 10.2 Å². The van der Waals surface area contributed by atoms with Crippen LogP contribution >= 0.6 is 22.9 Å². The second kappa shape index (κ2) is 4.45. The number of nitrogens with zero attached hydrogens (tertiary/aromatic N) is 1. The van der Waals surface area contributed by atoms with E-state index in [1.54, 1.807) is 17.5 Å². The lowest BCUT2D eigenvalue weighted by molar-refractivity contribution is 0.303. The van der Waals surface area contributed by atoms with Crippen molar-refractivity contribution in [2.75, 3.05) is 0 Å². The zero-order chi connectivity index (χ0) is 11.8. The van der Waals surface area contributed by atoms with Gasteiger partial charge in [0.25, 0.3) is 0 Å². The summed E-state index contributed by atoms with van der Waals surface area (Å²) in [6.45, 7) is 7.23. The Balaban J connectivity index is 2.24. The third kappa shape index (κ3) is 2.82. The molecule has 0 spiro atoms. The van der Waals surface area contributed by atoms with Gasteiger partial charge in [0.2, 0.25) is 0 Å². The summed E-state index contributed by atoms with van der Waals surface area (Å²) in [5.41, 5.74) is 0.965. The molecule has 0 unspecified atom stereocenters. The molecular formula is C11H14ClNOSSi. The molecule has 0 amide bonds. The van der Waals surface area contributed by atoms with Gasteiger partial charge in [0.1, 0.15) is 0 Å².